The average Bonchev–Trinajstić information content (AvgIpc) is 2.49. The van der Waals surface area contributed by atoms with Gasteiger partial charge >= 0.3 is 24.2 Å². The van der Waals surface area contributed by atoms with Gasteiger partial charge in [0.05, 0.1) is 0 Å². The van der Waals surface area contributed by atoms with Gasteiger partial charge in [-0.25, -0.2) is 0 Å². The van der Waals surface area contributed by atoms with Crippen molar-refractivity contribution in [1.82, 2.24) is 0 Å². The summed E-state index contributed by atoms with van der Waals surface area (Å²) in [4.78, 5) is 0. The Labute approximate surface area is 117 Å². The molecule has 0 heterocycles. The quantitative estimate of drug-likeness (QED) is 0.502. The average molecular weight is 333 g/mol. The van der Waals surface area contributed by atoms with Crippen LogP contribution in [0, 0.1) is 0 Å². The maximum absolute atomic E-state index is 5.65. The Morgan fingerprint density at radius 2 is 0.579 bits per heavy atom. The van der Waals surface area contributed by atoms with Gasteiger partial charge in [-0.3, -0.25) is 0 Å². The lowest BCUT2D eigenvalue weighted by Gasteiger charge is -2.43. The summed E-state index contributed by atoms with van der Waals surface area (Å²) in [6.45, 7) is 0. The van der Waals surface area contributed by atoms with Crippen LogP contribution >= 0.6 is 0 Å². The molecule has 0 atom stereocenters. The molecule has 19 heavy (non-hydrogen) atoms. The minimum Gasteiger partial charge on any atom is -0.392 e. The zero-order chi connectivity index (χ0) is 15.2. The molecular weight excluding hydrogens is 308 g/mol. The molecule has 0 spiro atoms. The van der Waals surface area contributed by atoms with E-state index in [0.717, 1.165) is 0 Å². The van der Waals surface area contributed by atoms with Crippen LogP contribution in [0.25, 0.3) is 0 Å². The summed E-state index contributed by atoms with van der Waals surface area (Å²) < 4.78 is 44.3. The molecule has 0 rings (SSSR count). The van der Waals surface area contributed by atoms with Gasteiger partial charge in [0.15, 0.2) is 0 Å². The van der Waals surface area contributed by atoms with E-state index in [1.54, 1.807) is 0 Å². The lowest BCUT2D eigenvalue weighted by atomic mass is 11.8. The van der Waals surface area contributed by atoms with Crippen LogP contribution in [0.4, 0.5) is 0 Å². The van der Waals surface area contributed by atoms with E-state index in [-0.39, 0.29) is 0 Å². The maximum Gasteiger partial charge on any atom is 0.543 e. The van der Waals surface area contributed by atoms with Gasteiger partial charge in [-0.2, -0.15) is 0 Å². The molecule has 0 aromatic rings. The largest absolute Gasteiger partial charge is 0.543 e. The zero-order valence-corrected chi connectivity index (χ0v) is 15.8. The molecule has 0 aliphatic carbocycles. The molecule has 8 nitrogen and oxygen atoms in total. The fraction of sp³-hybridized carbons (Fsp3) is 1.00. The molecule has 0 aromatic carbocycles. The van der Waals surface area contributed by atoms with E-state index in [1.807, 2.05) is 0 Å². The summed E-state index contributed by atoms with van der Waals surface area (Å²) in [5.41, 5.74) is 0. The summed E-state index contributed by atoms with van der Waals surface area (Å²) in [6, 6.07) is 0. The van der Waals surface area contributed by atoms with E-state index in [2.05, 4.69) is 0 Å². The SMILES string of the molecule is CO[Si](OC)(OC)[Si](OC)(OC)[Si](OC)(OC)OC. The normalized spacial score (nSPS) is 13.9. The Hall–Kier alpha value is 0.331. The summed E-state index contributed by atoms with van der Waals surface area (Å²) in [6.07, 6.45) is 0. The van der Waals surface area contributed by atoms with E-state index in [4.69, 9.17) is 35.4 Å². The highest BCUT2D eigenvalue weighted by Gasteiger charge is 2.83. The lowest BCUT2D eigenvalue weighted by molar-refractivity contribution is 0.0911. The predicted molar refractivity (Wildman–Crippen MR) is 73.3 cm³/mol. The van der Waals surface area contributed by atoms with Crippen molar-refractivity contribution in [3.63, 3.8) is 0 Å². The van der Waals surface area contributed by atoms with Gasteiger partial charge in [0, 0.05) is 56.9 Å². The summed E-state index contributed by atoms with van der Waals surface area (Å²) in [5.74, 6) is 0. The third kappa shape index (κ3) is 2.73. The van der Waals surface area contributed by atoms with E-state index in [9.17, 15) is 0 Å². The van der Waals surface area contributed by atoms with Crippen LogP contribution in [0.5, 0.6) is 0 Å². The highest BCUT2D eigenvalue weighted by molar-refractivity contribution is 7.57. The summed E-state index contributed by atoms with van der Waals surface area (Å²) in [7, 11) is 1.80. The van der Waals surface area contributed by atoms with Crippen molar-refractivity contribution in [3.05, 3.63) is 0 Å². The van der Waals surface area contributed by atoms with Crippen LogP contribution in [-0.2, 0) is 35.4 Å². The number of hydrogen-bond acceptors (Lipinski definition) is 8. The minimum atomic E-state index is -3.36. The van der Waals surface area contributed by atoms with Crippen molar-refractivity contribution in [2.24, 2.45) is 0 Å². The van der Waals surface area contributed by atoms with Gasteiger partial charge < -0.3 is 35.4 Å². The molecule has 0 aliphatic rings. The molecule has 11 heteroatoms. The summed E-state index contributed by atoms with van der Waals surface area (Å²) >= 11 is 0. The molecule has 0 unspecified atom stereocenters. The van der Waals surface area contributed by atoms with Crippen molar-refractivity contribution in [3.8, 4) is 0 Å². The van der Waals surface area contributed by atoms with Crippen LogP contribution in [0.2, 0.25) is 0 Å². The molecule has 0 bridgehead atoms. The van der Waals surface area contributed by atoms with Gasteiger partial charge in [0.25, 0.3) is 0 Å². The Balaban J connectivity index is 6.08. The molecule has 0 saturated carbocycles. The first-order chi connectivity index (χ1) is 8.99. The lowest BCUT2D eigenvalue weighted by Crippen LogP contribution is -2.85. The Kier molecular flexibility index (Phi) is 8.08. The smallest absolute Gasteiger partial charge is 0.392 e. The highest BCUT2D eigenvalue weighted by atomic mass is 29.7. The molecule has 0 aromatic heterocycles. The van der Waals surface area contributed by atoms with Gasteiger partial charge in [0.2, 0.25) is 0 Å². The van der Waals surface area contributed by atoms with Crippen molar-refractivity contribution in [1.29, 1.82) is 0 Å². The molecule has 0 aliphatic heterocycles. The van der Waals surface area contributed by atoms with Crippen molar-refractivity contribution >= 4 is 24.2 Å². The van der Waals surface area contributed by atoms with Crippen LogP contribution in [0.1, 0.15) is 0 Å². The van der Waals surface area contributed by atoms with Gasteiger partial charge in [-0.05, 0) is 0 Å². The van der Waals surface area contributed by atoms with Crippen LogP contribution in [0.15, 0.2) is 0 Å². The predicted octanol–water partition coefficient (Wildman–Crippen LogP) is -0.366. The van der Waals surface area contributed by atoms with E-state index in [0.29, 0.717) is 0 Å². The Morgan fingerprint density at radius 3 is 0.684 bits per heavy atom. The van der Waals surface area contributed by atoms with Crippen molar-refractivity contribution < 1.29 is 35.4 Å². The Morgan fingerprint density at radius 1 is 0.368 bits per heavy atom. The first-order valence-electron chi connectivity index (χ1n) is 5.40. The maximum atomic E-state index is 5.65. The third-order valence-electron chi connectivity index (χ3n) is 2.99. The zero-order valence-electron chi connectivity index (χ0n) is 12.8. The second-order valence-electron chi connectivity index (χ2n) is 3.36. The number of rotatable bonds is 10. The van der Waals surface area contributed by atoms with Gasteiger partial charge in [-0.1, -0.05) is 0 Å². The first-order valence-corrected chi connectivity index (χ1v) is 12.7. The van der Waals surface area contributed by atoms with E-state index >= 15 is 0 Å². The monoisotopic (exact) mass is 332 g/mol. The molecule has 116 valence electrons. The first kappa shape index (κ1) is 19.3. The fourth-order valence-electron chi connectivity index (χ4n) is 2.08. The molecule has 0 saturated heterocycles. The highest BCUT2D eigenvalue weighted by Crippen LogP contribution is 2.32. The second kappa shape index (κ2) is 7.94. The van der Waals surface area contributed by atoms with Gasteiger partial charge in [0.1, 0.15) is 0 Å². The molecular formula is C8H24O8Si3. The molecule has 0 amide bonds. The summed E-state index contributed by atoms with van der Waals surface area (Å²) in [5, 5.41) is 0. The molecule has 0 fully saturated rings. The van der Waals surface area contributed by atoms with Crippen LogP contribution in [0.3, 0.4) is 0 Å². The van der Waals surface area contributed by atoms with Gasteiger partial charge in [-0.15, -0.1) is 0 Å². The fourth-order valence-corrected chi connectivity index (χ4v) is 24.1. The number of hydrogen-bond donors (Lipinski definition) is 0. The molecule has 0 N–H and O–H groups in total. The minimum absolute atomic E-state index is 1.47. The van der Waals surface area contributed by atoms with Crippen molar-refractivity contribution in [2.45, 2.75) is 0 Å². The third-order valence-corrected chi connectivity index (χ3v) is 25.5. The topological polar surface area (TPSA) is 73.8 Å². The molecule has 0 radical (unpaired) electrons. The van der Waals surface area contributed by atoms with E-state index < -0.39 is 24.2 Å². The van der Waals surface area contributed by atoms with Crippen molar-refractivity contribution in [2.75, 3.05) is 56.9 Å². The Bertz CT molecular complexity index is 216. The second-order valence-corrected chi connectivity index (χ2v) is 19.2. The van der Waals surface area contributed by atoms with Crippen LogP contribution in [-0.4, -0.2) is 81.1 Å². The van der Waals surface area contributed by atoms with Crippen LogP contribution < -0.4 is 0 Å². The van der Waals surface area contributed by atoms with E-state index in [1.165, 1.54) is 56.9 Å². The standard InChI is InChI=1S/C8H24O8Si3/c1-9-17(10-2,11-3)19(15-7,16-8)18(12-4,13-5)14-6/h1-8H3.